The molecule has 0 aromatic carbocycles. The maximum Gasteiger partial charge on any atom is 0.155 e. The van der Waals surface area contributed by atoms with Gasteiger partial charge in [0.15, 0.2) is 5.69 Å². The molecule has 0 radical (unpaired) electrons. The van der Waals surface area contributed by atoms with E-state index >= 15 is 0 Å². The summed E-state index contributed by atoms with van der Waals surface area (Å²) in [6, 6.07) is 0. The van der Waals surface area contributed by atoms with E-state index in [1.54, 1.807) is 10.9 Å². The Bertz CT molecular complexity index is 505. The molecule has 24 heavy (non-hydrogen) atoms. The average Bonchev–Trinajstić information content (AvgIpc) is 2.98. The Morgan fingerprint density at radius 3 is 2.12 bits per heavy atom. The quantitative estimate of drug-likeness (QED) is 0.322. The van der Waals surface area contributed by atoms with Gasteiger partial charge in [0.05, 0.1) is 45.8 Å². The minimum absolute atomic E-state index is 0.343. The molecule has 0 spiro atoms. The fourth-order valence-electron chi connectivity index (χ4n) is 1.53. The van der Waals surface area contributed by atoms with Gasteiger partial charge in [-0.05, 0) is 6.92 Å². The zero-order valence-electron chi connectivity index (χ0n) is 15.2. The maximum absolute atomic E-state index is 5.47. The van der Waals surface area contributed by atoms with Gasteiger partial charge in [0, 0.05) is 6.61 Å². The summed E-state index contributed by atoms with van der Waals surface area (Å²) in [6.45, 7) is 13.0. The molecule has 0 aliphatic carbocycles. The second-order valence-corrected chi connectivity index (χ2v) is 10.9. The van der Waals surface area contributed by atoms with Crippen LogP contribution in [-0.2, 0) is 25.7 Å². The molecule has 8 heteroatoms. The fraction of sp³-hybridized carbons (Fsp3) is 0.750. The topological polar surface area (TPSA) is 67.6 Å². The van der Waals surface area contributed by atoms with Crippen LogP contribution in [-0.4, -0.2) is 69.3 Å². The maximum atomic E-state index is 5.47. The molecule has 0 saturated heterocycles. The first-order valence-electron chi connectivity index (χ1n) is 8.25. The Hall–Kier alpha value is -1.24. The van der Waals surface area contributed by atoms with Crippen molar-refractivity contribution in [2.24, 2.45) is 0 Å². The average molecular weight is 356 g/mol. The van der Waals surface area contributed by atoms with Crippen LogP contribution in [0.1, 0.15) is 12.6 Å². The van der Waals surface area contributed by atoms with Crippen molar-refractivity contribution in [3.8, 4) is 11.5 Å². The molecule has 0 aliphatic heterocycles. The zero-order chi connectivity index (χ0) is 17.7. The van der Waals surface area contributed by atoms with Crippen molar-refractivity contribution in [2.45, 2.75) is 33.3 Å². The molecule has 0 atom stereocenters. The van der Waals surface area contributed by atoms with Crippen molar-refractivity contribution in [1.29, 1.82) is 0 Å². The van der Waals surface area contributed by atoms with E-state index in [1.165, 1.54) is 0 Å². The molecule has 0 fully saturated rings. The van der Waals surface area contributed by atoms with E-state index < -0.39 is 8.07 Å². The summed E-state index contributed by atoms with van der Waals surface area (Å²) in [5.41, 5.74) is 3.94. The predicted octanol–water partition coefficient (Wildman–Crippen LogP) is 1.55. The first-order valence-corrected chi connectivity index (χ1v) is 11.8. The summed E-state index contributed by atoms with van der Waals surface area (Å²) in [5, 5.41) is 7.99. The van der Waals surface area contributed by atoms with Crippen LogP contribution in [0.2, 0.25) is 19.6 Å². The summed E-state index contributed by atoms with van der Waals surface area (Å²) >= 11 is 0. The van der Waals surface area contributed by atoms with Gasteiger partial charge in [-0.25, -0.2) is 4.68 Å². The van der Waals surface area contributed by atoms with Gasteiger partial charge in [0.25, 0.3) is 0 Å². The molecule has 1 rings (SSSR count). The summed E-state index contributed by atoms with van der Waals surface area (Å²) < 4.78 is 23.0. The van der Waals surface area contributed by atoms with E-state index in [1.807, 2.05) is 6.92 Å². The second kappa shape index (κ2) is 12.2. The lowest BCUT2D eigenvalue weighted by molar-refractivity contribution is -0.0133. The van der Waals surface area contributed by atoms with E-state index in [-0.39, 0.29) is 0 Å². The third kappa shape index (κ3) is 11.3. The van der Waals surface area contributed by atoms with Crippen LogP contribution >= 0.6 is 0 Å². The van der Waals surface area contributed by atoms with Gasteiger partial charge < -0.3 is 18.9 Å². The van der Waals surface area contributed by atoms with Crippen LogP contribution in [0.4, 0.5) is 0 Å². The molecule has 0 aliphatic rings. The summed E-state index contributed by atoms with van der Waals surface area (Å²) in [5.74, 6) is 3.06. The minimum Gasteiger partial charge on any atom is -0.379 e. The Labute approximate surface area is 145 Å². The van der Waals surface area contributed by atoms with Crippen molar-refractivity contribution in [3.05, 3.63) is 11.9 Å². The summed E-state index contributed by atoms with van der Waals surface area (Å²) in [7, 11) is -1.39. The van der Waals surface area contributed by atoms with Gasteiger partial charge in [-0.2, -0.15) is 0 Å². The normalized spacial score (nSPS) is 11.3. The van der Waals surface area contributed by atoms with Crippen molar-refractivity contribution in [1.82, 2.24) is 15.0 Å². The number of nitrogens with zero attached hydrogens (tertiary/aromatic N) is 3. The highest BCUT2D eigenvalue weighted by atomic mass is 28.3. The number of aromatic nitrogens is 3. The van der Waals surface area contributed by atoms with Crippen LogP contribution in [0.5, 0.6) is 0 Å². The van der Waals surface area contributed by atoms with E-state index in [4.69, 9.17) is 18.9 Å². The Morgan fingerprint density at radius 1 is 0.958 bits per heavy atom. The van der Waals surface area contributed by atoms with E-state index in [0.29, 0.717) is 52.1 Å². The number of hydrogen-bond donors (Lipinski definition) is 0. The van der Waals surface area contributed by atoms with Gasteiger partial charge in [-0.15, -0.1) is 10.6 Å². The van der Waals surface area contributed by atoms with Crippen molar-refractivity contribution >= 4 is 8.07 Å². The first kappa shape index (κ1) is 20.8. The monoisotopic (exact) mass is 355 g/mol. The number of hydrogen-bond acceptors (Lipinski definition) is 6. The highest BCUT2D eigenvalue weighted by Crippen LogP contribution is 1.98. The lowest BCUT2D eigenvalue weighted by Crippen LogP contribution is -2.16. The predicted molar refractivity (Wildman–Crippen MR) is 94.3 cm³/mol. The second-order valence-electron chi connectivity index (χ2n) is 6.10. The van der Waals surface area contributed by atoms with E-state index in [2.05, 4.69) is 41.4 Å². The molecule has 136 valence electrons. The van der Waals surface area contributed by atoms with Crippen LogP contribution in [0.3, 0.4) is 0 Å². The molecule has 0 amide bonds. The third-order valence-corrected chi connectivity index (χ3v) is 3.52. The van der Waals surface area contributed by atoms with Gasteiger partial charge in [0.1, 0.15) is 14.8 Å². The Morgan fingerprint density at radius 2 is 1.54 bits per heavy atom. The fourth-order valence-corrected chi connectivity index (χ4v) is 2.03. The van der Waals surface area contributed by atoms with Gasteiger partial charge >= 0.3 is 0 Å². The molecule has 1 aromatic rings. The summed E-state index contributed by atoms with van der Waals surface area (Å²) in [6.07, 6.45) is 1.79. The van der Waals surface area contributed by atoms with Crippen molar-refractivity contribution in [2.75, 3.05) is 46.2 Å². The molecular formula is C16H29N3O4Si. The minimum atomic E-state index is -1.39. The Kier molecular flexibility index (Phi) is 10.5. The molecule has 1 aromatic heterocycles. The zero-order valence-corrected chi connectivity index (χ0v) is 16.2. The number of rotatable bonds is 12. The van der Waals surface area contributed by atoms with Gasteiger partial charge in [0.2, 0.25) is 0 Å². The first-order chi connectivity index (χ1) is 11.5. The lowest BCUT2D eigenvalue weighted by Gasteiger charge is -2.06. The molecule has 1 heterocycles. The molecular weight excluding hydrogens is 326 g/mol. The highest BCUT2D eigenvalue weighted by Gasteiger charge is 2.08. The van der Waals surface area contributed by atoms with Crippen molar-refractivity contribution < 1.29 is 18.9 Å². The highest BCUT2D eigenvalue weighted by molar-refractivity contribution is 6.83. The van der Waals surface area contributed by atoms with Crippen LogP contribution in [0.15, 0.2) is 6.20 Å². The molecule has 0 unspecified atom stereocenters. The Balaban J connectivity index is 2.02. The number of ether oxygens (including phenoxy) is 4. The third-order valence-electron chi connectivity index (χ3n) is 2.65. The largest absolute Gasteiger partial charge is 0.379 e. The van der Waals surface area contributed by atoms with Crippen molar-refractivity contribution in [3.63, 3.8) is 0 Å². The molecule has 0 bridgehead atoms. The standard InChI is InChI=1S/C16H29N3O4Si/c1-5-20-7-8-21-9-10-22-11-12-23-15-19-14-16(17-18-19)6-13-24(2,3)4/h14H,5,7-12,15H2,1-4H3. The van der Waals surface area contributed by atoms with Gasteiger partial charge in [-0.1, -0.05) is 30.8 Å². The van der Waals surface area contributed by atoms with Crippen LogP contribution in [0, 0.1) is 11.5 Å². The van der Waals surface area contributed by atoms with E-state index in [9.17, 15) is 0 Å². The van der Waals surface area contributed by atoms with Crippen LogP contribution < -0.4 is 0 Å². The van der Waals surface area contributed by atoms with Crippen LogP contribution in [0.25, 0.3) is 0 Å². The summed E-state index contributed by atoms with van der Waals surface area (Å²) in [4.78, 5) is 0. The van der Waals surface area contributed by atoms with E-state index in [0.717, 1.165) is 6.61 Å². The van der Waals surface area contributed by atoms with Gasteiger partial charge in [-0.3, -0.25) is 0 Å². The molecule has 0 saturated carbocycles. The molecule has 0 N–H and O–H groups in total. The molecule has 7 nitrogen and oxygen atoms in total. The lowest BCUT2D eigenvalue weighted by atomic mass is 10.5. The SMILES string of the molecule is CCOCCOCCOCCOCn1cc(C#C[Si](C)(C)C)nn1. The smallest absolute Gasteiger partial charge is 0.155 e.